The molecule has 1 aliphatic heterocycles. The minimum absolute atomic E-state index is 0.320. The zero-order valence-corrected chi connectivity index (χ0v) is 11.5. The molecule has 0 aromatic heterocycles. The second-order valence-corrected chi connectivity index (χ2v) is 6.58. The van der Waals surface area contributed by atoms with Crippen LogP contribution in [0.3, 0.4) is 0 Å². The molecule has 0 bridgehead atoms. The van der Waals surface area contributed by atoms with Crippen LogP contribution in [0.25, 0.3) is 0 Å². The van der Waals surface area contributed by atoms with Gasteiger partial charge in [-0.15, -0.1) is 0 Å². The molecule has 2 aliphatic carbocycles. The standard InChI is InChI=1S/C16H26N2/c17-12-14-8-3-4-9-16(14)18-11-5-10-15(18)13-6-1-2-7-13/h13-16H,1-11H2. The van der Waals surface area contributed by atoms with Crippen LogP contribution in [-0.2, 0) is 0 Å². The first-order valence-electron chi connectivity index (χ1n) is 8.05. The van der Waals surface area contributed by atoms with E-state index in [1.165, 1.54) is 64.3 Å². The molecule has 0 radical (unpaired) electrons. The van der Waals surface area contributed by atoms with Crippen molar-refractivity contribution in [3.8, 4) is 6.07 Å². The van der Waals surface area contributed by atoms with Crippen molar-refractivity contribution in [2.24, 2.45) is 11.8 Å². The Kier molecular flexibility index (Phi) is 3.89. The highest BCUT2D eigenvalue weighted by Crippen LogP contribution is 2.39. The molecular formula is C16H26N2. The van der Waals surface area contributed by atoms with Crippen LogP contribution in [0.5, 0.6) is 0 Å². The van der Waals surface area contributed by atoms with Gasteiger partial charge in [0.2, 0.25) is 0 Å². The van der Waals surface area contributed by atoms with Crippen LogP contribution in [0.4, 0.5) is 0 Å². The molecule has 1 heterocycles. The molecule has 100 valence electrons. The summed E-state index contributed by atoms with van der Waals surface area (Å²) < 4.78 is 0. The summed E-state index contributed by atoms with van der Waals surface area (Å²) in [5, 5.41) is 9.40. The molecule has 18 heavy (non-hydrogen) atoms. The predicted octanol–water partition coefficient (Wildman–Crippen LogP) is 3.72. The molecule has 2 nitrogen and oxygen atoms in total. The van der Waals surface area contributed by atoms with E-state index in [1.807, 2.05) is 0 Å². The van der Waals surface area contributed by atoms with Gasteiger partial charge < -0.3 is 0 Å². The van der Waals surface area contributed by atoms with Crippen molar-refractivity contribution in [1.82, 2.24) is 4.90 Å². The van der Waals surface area contributed by atoms with Gasteiger partial charge in [-0.2, -0.15) is 5.26 Å². The fourth-order valence-corrected chi connectivity index (χ4v) is 4.73. The van der Waals surface area contributed by atoms with Gasteiger partial charge in [-0.05, 0) is 51.0 Å². The minimum atomic E-state index is 0.320. The molecule has 3 unspecified atom stereocenters. The van der Waals surface area contributed by atoms with E-state index in [0.717, 1.165) is 18.4 Å². The SMILES string of the molecule is N#CC1CCCCC1N1CCCC1C1CCCC1. The summed E-state index contributed by atoms with van der Waals surface area (Å²) >= 11 is 0. The summed E-state index contributed by atoms with van der Waals surface area (Å²) in [4.78, 5) is 2.77. The molecule has 2 saturated carbocycles. The minimum Gasteiger partial charge on any atom is -0.296 e. The van der Waals surface area contributed by atoms with Crippen molar-refractivity contribution in [3.63, 3.8) is 0 Å². The lowest BCUT2D eigenvalue weighted by molar-refractivity contribution is 0.0857. The summed E-state index contributed by atoms with van der Waals surface area (Å²) in [7, 11) is 0. The molecule has 3 aliphatic rings. The van der Waals surface area contributed by atoms with Crippen molar-refractivity contribution in [2.45, 2.75) is 76.3 Å². The number of nitrogens with zero attached hydrogens (tertiary/aromatic N) is 2. The van der Waals surface area contributed by atoms with E-state index in [9.17, 15) is 5.26 Å². The second-order valence-electron chi connectivity index (χ2n) is 6.58. The average Bonchev–Trinajstić information content (AvgIpc) is 3.09. The first kappa shape index (κ1) is 12.5. The third-order valence-corrected chi connectivity index (χ3v) is 5.61. The highest BCUT2D eigenvalue weighted by Gasteiger charge is 2.40. The number of hydrogen-bond acceptors (Lipinski definition) is 2. The number of nitriles is 1. The van der Waals surface area contributed by atoms with Crippen LogP contribution >= 0.6 is 0 Å². The van der Waals surface area contributed by atoms with Crippen molar-refractivity contribution >= 4 is 0 Å². The van der Waals surface area contributed by atoms with E-state index < -0.39 is 0 Å². The molecule has 3 rings (SSSR count). The summed E-state index contributed by atoms with van der Waals surface area (Å²) in [6.45, 7) is 1.27. The fourth-order valence-electron chi connectivity index (χ4n) is 4.73. The van der Waals surface area contributed by atoms with Gasteiger partial charge in [0.15, 0.2) is 0 Å². The molecule has 0 amide bonds. The van der Waals surface area contributed by atoms with Crippen LogP contribution in [0.1, 0.15) is 64.2 Å². The van der Waals surface area contributed by atoms with E-state index in [-0.39, 0.29) is 0 Å². The summed E-state index contributed by atoms with van der Waals surface area (Å²) in [6.07, 6.45) is 13.6. The van der Waals surface area contributed by atoms with Crippen LogP contribution < -0.4 is 0 Å². The van der Waals surface area contributed by atoms with Crippen LogP contribution in [-0.4, -0.2) is 23.5 Å². The molecule has 0 N–H and O–H groups in total. The van der Waals surface area contributed by atoms with E-state index in [0.29, 0.717) is 12.0 Å². The summed E-state index contributed by atoms with van der Waals surface area (Å²) in [5.74, 6) is 1.27. The highest BCUT2D eigenvalue weighted by atomic mass is 15.2. The van der Waals surface area contributed by atoms with Crippen LogP contribution in [0.15, 0.2) is 0 Å². The van der Waals surface area contributed by atoms with Crippen molar-refractivity contribution in [1.29, 1.82) is 5.26 Å². The lowest BCUT2D eigenvalue weighted by Gasteiger charge is -2.40. The Hall–Kier alpha value is -0.550. The lowest BCUT2D eigenvalue weighted by atomic mass is 9.83. The van der Waals surface area contributed by atoms with Crippen LogP contribution in [0, 0.1) is 23.2 Å². The zero-order valence-electron chi connectivity index (χ0n) is 11.5. The number of likely N-dealkylation sites (tertiary alicyclic amines) is 1. The predicted molar refractivity (Wildman–Crippen MR) is 73.0 cm³/mol. The Bertz CT molecular complexity index is 314. The monoisotopic (exact) mass is 246 g/mol. The smallest absolute Gasteiger partial charge is 0.0672 e. The Morgan fingerprint density at radius 3 is 2.22 bits per heavy atom. The van der Waals surface area contributed by atoms with Gasteiger partial charge in [-0.1, -0.05) is 25.7 Å². The maximum Gasteiger partial charge on any atom is 0.0672 e. The molecule has 2 heteroatoms. The maximum absolute atomic E-state index is 9.40. The highest BCUT2D eigenvalue weighted by molar-refractivity contribution is 5.00. The molecule has 0 aromatic carbocycles. The Labute approximate surface area is 111 Å². The third kappa shape index (κ3) is 2.30. The fraction of sp³-hybridized carbons (Fsp3) is 0.938. The Morgan fingerprint density at radius 1 is 0.778 bits per heavy atom. The summed E-state index contributed by atoms with van der Waals surface area (Å²) in [5.41, 5.74) is 0. The van der Waals surface area contributed by atoms with E-state index in [1.54, 1.807) is 0 Å². The van der Waals surface area contributed by atoms with E-state index >= 15 is 0 Å². The molecule has 1 saturated heterocycles. The lowest BCUT2D eigenvalue weighted by Crippen LogP contribution is -2.47. The van der Waals surface area contributed by atoms with Crippen molar-refractivity contribution < 1.29 is 0 Å². The topological polar surface area (TPSA) is 27.0 Å². The third-order valence-electron chi connectivity index (χ3n) is 5.61. The average molecular weight is 246 g/mol. The normalized spacial score (nSPS) is 38.9. The van der Waals surface area contributed by atoms with Crippen molar-refractivity contribution in [2.75, 3.05) is 6.54 Å². The van der Waals surface area contributed by atoms with Gasteiger partial charge in [0.25, 0.3) is 0 Å². The zero-order chi connectivity index (χ0) is 12.4. The second kappa shape index (κ2) is 5.61. The molecule has 3 atom stereocenters. The molecular weight excluding hydrogens is 220 g/mol. The molecule has 0 spiro atoms. The Balaban J connectivity index is 1.71. The maximum atomic E-state index is 9.40. The van der Waals surface area contributed by atoms with Gasteiger partial charge in [0.1, 0.15) is 0 Å². The van der Waals surface area contributed by atoms with E-state index in [4.69, 9.17) is 0 Å². The number of rotatable bonds is 2. The van der Waals surface area contributed by atoms with E-state index in [2.05, 4.69) is 11.0 Å². The van der Waals surface area contributed by atoms with Crippen LogP contribution in [0.2, 0.25) is 0 Å². The number of hydrogen-bond donors (Lipinski definition) is 0. The Morgan fingerprint density at radius 2 is 1.44 bits per heavy atom. The summed E-state index contributed by atoms with van der Waals surface area (Å²) in [6, 6.07) is 4.02. The molecule has 0 aromatic rings. The van der Waals surface area contributed by atoms with Gasteiger partial charge in [-0.3, -0.25) is 4.90 Å². The van der Waals surface area contributed by atoms with Gasteiger partial charge in [-0.25, -0.2) is 0 Å². The molecule has 3 fully saturated rings. The van der Waals surface area contributed by atoms with Gasteiger partial charge in [0.05, 0.1) is 12.0 Å². The van der Waals surface area contributed by atoms with Gasteiger partial charge in [0, 0.05) is 12.1 Å². The first-order valence-corrected chi connectivity index (χ1v) is 8.05. The first-order chi connectivity index (χ1) is 8.90. The van der Waals surface area contributed by atoms with Gasteiger partial charge >= 0.3 is 0 Å². The van der Waals surface area contributed by atoms with Crippen molar-refractivity contribution in [3.05, 3.63) is 0 Å². The quantitative estimate of drug-likeness (QED) is 0.742. The largest absolute Gasteiger partial charge is 0.296 e.